The quantitative estimate of drug-likeness (QED) is 0.166. The molecule has 12 heteroatoms. The van der Waals surface area contributed by atoms with Crippen molar-refractivity contribution in [2.45, 2.75) is 26.5 Å². The standard InChI is InChI=1S/C34H30IN3O7S/c1-6-44-33(40)29-19(2)37-34-38(30(29)24-12-11-23(41-3)16-26(24)42-4)32(39)28(46-34)15-20-13-25(35)31(27(14-20)43-5)45-18-22-10-8-7-9-21(22)17-36/h7-16,30H,6,18H2,1-5H3/b28-15-/t30-/m0/s1. The van der Waals surface area contributed by atoms with Gasteiger partial charge >= 0.3 is 5.97 Å². The molecule has 5 rings (SSSR count). The number of carbonyl (C=O) groups is 1. The average molecular weight is 752 g/mol. The lowest BCUT2D eigenvalue weighted by Crippen LogP contribution is -2.40. The van der Waals surface area contributed by atoms with E-state index in [1.807, 2.05) is 18.2 Å². The maximum Gasteiger partial charge on any atom is 0.338 e. The summed E-state index contributed by atoms with van der Waals surface area (Å²) in [6, 6.07) is 17.5. The maximum atomic E-state index is 14.1. The number of allylic oxidation sites excluding steroid dienone is 1. The van der Waals surface area contributed by atoms with Gasteiger partial charge in [0.2, 0.25) is 0 Å². The minimum atomic E-state index is -0.847. The number of benzene rings is 3. The number of carbonyl (C=O) groups excluding carboxylic acids is 1. The minimum Gasteiger partial charge on any atom is -0.497 e. The van der Waals surface area contributed by atoms with Gasteiger partial charge in [0.15, 0.2) is 16.3 Å². The van der Waals surface area contributed by atoms with Gasteiger partial charge < -0.3 is 23.7 Å². The molecule has 0 radical (unpaired) electrons. The summed E-state index contributed by atoms with van der Waals surface area (Å²) in [6.45, 7) is 3.80. The fourth-order valence-corrected chi connectivity index (χ4v) is 6.98. The lowest BCUT2D eigenvalue weighted by molar-refractivity contribution is -0.139. The Hall–Kier alpha value is -4.61. The van der Waals surface area contributed by atoms with Gasteiger partial charge in [0, 0.05) is 17.2 Å². The predicted octanol–water partition coefficient (Wildman–Crippen LogP) is 4.88. The van der Waals surface area contributed by atoms with Gasteiger partial charge in [-0.2, -0.15) is 5.26 Å². The van der Waals surface area contributed by atoms with Gasteiger partial charge in [-0.3, -0.25) is 9.36 Å². The van der Waals surface area contributed by atoms with Gasteiger partial charge in [0.25, 0.3) is 5.56 Å². The second-order valence-electron chi connectivity index (χ2n) is 10.0. The zero-order valence-electron chi connectivity index (χ0n) is 25.8. The van der Waals surface area contributed by atoms with Crippen LogP contribution in [-0.2, 0) is 16.1 Å². The van der Waals surface area contributed by atoms with E-state index in [2.05, 4.69) is 33.7 Å². The number of halogens is 1. The van der Waals surface area contributed by atoms with Gasteiger partial charge in [0.05, 0.1) is 58.9 Å². The summed E-state index contributed by atoms with van der Waals surface area (Å²) in [6.07, 6.45) is 1.76. The highest BCUT2D eigenvalue weighted by molar-refractivity contribution is 14.1. The lowest BCUT2D eigenvalue weighted by Gasteiger charge is -2.26. The molecular weight excluding hydrogens is 721 g/mol. The molecule has 236 valence electrons. The molecule has 1 aliphatic rings. The van der Waals surface area contributed by atoms with Gasteiger partial charge in [-0.1, -0.05) is 29.5 Å². The topological polar surface area (TPSA) is 121 Å². The van der Waals surface area contributed by atoms with Crippen molar-refractivity contribution in [2.75, 3.05) is 27.9 Å². The number of aromatic nitrogens is 1. The smallest absolute Gasteiger partial charge is 0.338 e. The molecule has 0 N–H and O–H groups in total. The molecule has 0 unspecified atom stereocenters. The average Bonchev–Trinajstić information content (AvgIpc) is 3.36. The molecule has 2 heterocycles. The Bertz CT molecular complexity index is 2080. The summed E-state index contributed by atoms with van der Waals surface area (Å²) in [7, 11) is 4.61. The van der Waals surface area contributed by atoms with Crippen LogP contribution in [0.15, 0.2) is 75.7 Å². The third kappa shape index (κ3) is 6.38. The van der Waals surface area contributed by atoms with E-state index in [1.165, 1.54) is 23.0 Å². The summed E-state index contributed by atoms with van der Waals surface area (Å²) in [5.74, 6) is 1.45. The molecule has 1 atom stereocenters. The van der Waals surface area contributed by atoms with E-state index in [0.717, 1.165) is 9.13 Å². The van der Waals surface area contributed by atoms with Crippen LogP contribution in [0, 0.1) is 14.9 Å². The number of rotatable bonds is 10. The number of ether oxygens (including phenoxy) is 5. The summed E-state index contributed by atoms with van der Waals surface area (Å²) in [5.41, 5.74) is 2.96. The summed E-state index contributed by atoms with van der Waals surface area (Å²) >= 11 is 3.37. The van der Waals surface area contributed by atoms with E-state index in [-0.39, 0.29) is 24.3 Å². The molecule has 0 saturated carbocycles. The van der Waals surface area contributed by atoms with E-state index in [0.29, 0.717) is 54.7 Å². The molecule has 10 nitrogen and oxygen atoms in total. The van der Waals surface area contributed by atoms with Crippen LogP contribution < -0.4 is 33.8 Å². The molecule has 1 aromatic heterocycles. The van der Waals surface area contributed by atoms with Crippen LogP contribution >= 0.6 is 33.9 Å². The van der Waals surface area contributed by atoms with E-state index in [1.54, 1.807) is 70.5 Å². The second kappa shape index (κ2) is 14.2. The van der Waals surface area contributed by atoms with Crippen LogP contribution in [0.3, 0.4) is 0 Å². The number of nitrogens with zero attached hydrogens (tertiary/aromatic N) is 3. The Kier molecular flexibility index (Phi) is 10.1. The minimum absolute atomic E-state index is 0.164. The number of methoxy groups -OCH3 is 3. The van der Waals surface area contributed by atoms with E-state index in [9.17, 15) is 14.9 Å². The molecule has 46 heavy (non-hydrogen) atoms. The monoisotopic (exact) mass is 751 g/mol. The highest BCUT2D eigenvalue weighted by Crippen LogP contribution is 2.38. The van der Waals surface area contributed by atoms with Gasteiger partial charge in [-0.15, -0.1) is 0 Å². The maximum absolute atomic E-state index is 14.1. The van der Waals surface area contributed by atoms with Crippen molar-refractivity contribution >= 4 is 46.0 Å². The highest BCUT2D eigenvalue weighted by atomic mass is 127. The molecule has 0 amide bonds. The van der Waals surface area contributed by atoms with Gasteiger partial charge in [-0.25, -0.2) is 9.79 Å². The van der Waals surface area contributed by atoms with E-state index < -0.39 is 12.0 Å². The molecule has 4 aromatic rings. The first kappa shape index (κ1) is 32.8. The molecule has 0 aliphatic carbocycles. The Balaban J connectivity index is 1.61. The van der Waals surface area contributed by atoms with Gasteiger partial charge in [-0.05, 0) is 78.4 Å². The normalized spacial score (nSPS) is 14.2. The first-order valence-corrected chi connectivity index (χ1v) is 16.0. The number of hydrogen-bond acceptors (Lipinski definition) is 10. The third-order valence-corrected chi connectivity index (χ3v) is 9.10. The fraction of sp³-hybridized carbons (Fsp3) is 0.235. The summed E-state index contributed by atoms with van der Waals surface area (Å²) < 4.78 is 30.9. The van der Waals surface area contributed by atoms with Crippen LogP contribution in [0.5, 0.6) is 23.0 Å². The number of hydrogen-bond donors (Lipinski definition) is 0. The molecule has 3 aromatic carbocycles. The molecule has 0 bridgehead atoms. The first-order valence-electron chi connectivity index (χ1n) is 14.1. The zero-order chi connectivity index (χ0) is 33.0. The van der Waals surface area contributed by atoms with Crippen LogP contribution in [0.2, 0.25) is 0 Å². The third-order valence-electron chi connectivity index (χ3n) is 7.31. The van der Waals surface area contributed by atoms with Crippen molar-refractivity contribution in [3.63, 3.8) is 0 Å². The number of esters is 1. The van der Waals surface area contributed by atoms with Crippen LogP contribution in [-0.4, -0.2) is 38.5 Å². The predicted molar refractivity (Wildman–Crippen MR) is 181 cm³/mol. The van der Waals surface area contributed by atoms with Crippen molar-refractivity contribution in [3.8, 4) is 29.1 Å². The molecule has 0 spiro atoms. The van der Waals surface area contributed by atoms with Crippen molar-refractivity contribution in [1.29, 1.82) is 5.26 Å². The second-order valence-corrected chi connectivity index (χ2v) is 12.2. The lowest BCUT2D eigenvalue weighted by atomic mass is 9.95. The van der Waals surface area contributed by atoms with Crippen molar-refractivity contribution < 1.29 is 28.5 Å². The van der Waals surface area contributed by atoms with Gasteiger partial charge in [0.1, 0.15) is 24.1 Å². The first-order chi connectivity index (χ1) is 22.2. The van der Waals surface area contributed by atoms with Crippen molar-refractivity contribution in [3.05, 3.63) is 111 Å². The molecule has 0 fully saturated rings. The SMILES string of the molecule is CCOC(=O)C1=C(C)N=c2s/c(=C\c3cc(I)c(OCc4ccccc4C#N)c(OC)c3)c(=O)n2[C@H]1c1ccc(OC)cc1OC. The van der Waals surface area contributed by atoms with Crippen molar-refractivity contribution in [1.82, 2.24) is 4.57 Å². The summed E-state index contributed by atoms with van der Waals surface area (Å²) in [5, 5.41) is 9.43. The van der Waals surface area contributed by atoms with Crippen LogP contribution in [0.1, 0.15) is 42.1 Å². The Morgan fingerprint density at radius 1 is 1.09 bits per heavy atom. The van der Waals surface area contributed by atoms with E-state index in [4.69, 9.17) is 23.7 Å². The molecule has 1 aliphatic heterocycles. The largest absolute Gasteiger partial charge is 0.497 e. The zero-order valence-corrected chi connectivity index (χ0v) is 28.7. The molecule has 0 saturated heterocycles. The highest BCUT2D eigenvalue weighted by Gasteiger charge is 2.35. The Labute approximate surface area is 282 Å². The van der Waals surface area contributed by atoms with Crippen molar-refractivity contribution in [2.24, 2.45) is 4.99 Å². The van der Waals surface area contributed by atoms with Crippen LogP contribution in [0.4, 0.5) is 0 Å². The van der Waals surface area contributed by atoms with Crippen LogP contribution in [0.25, 0.3) is 6.08 Å². The number of nitriles is 1. The Morgan fingerprint density at radius 2 is 1.85 bits per heavy atom. The summed E-state index contributed by atoms with van der Waals surface area (Å²) in [4.78, 5) is 32.5. The Morgan fingerprint density at radius 3 is 2.54 bits per heavy atom. The number of fused-ring (bicyclic) bond motifs is 1. The molecular formula is C34H30IN3O7S. The van der Waals surface area contributed by atoms with E-state index >= 15 is 0 Å². The number of thiazole rings is 1. The fourth-order valence-electron chi connectivity index (χ4n) is 5.15.